The first-order valence-electron chi connectivity index (χ1n) is 7.60. The van der Waals surface area contributed by atoms with Gasteiger partial charge in [-0.15, -0.1) is 10.2 Å². The number of thioether (sulfide) groups is 1. The highest BCUT2D eigenvalue weighted by Crippen LogP contribution is 2.39. The number of rotatable bonds is 2. The summed E-state index contributed by atoms with van der Waals surface area (Å²) in [5.41, 5.74) is 3.03. The van der Waals surface area contributed by atoms with Gasteiger partial charge in [0.25, 0.3) is 5.69 Å². The van der Waals surface area contributed by atoms with Crippen molar-refractivity contribution in [2.45, 2.75) is 0 Å². The number of nitro groups is 1. The van der Waals surface area contributed by atoms with E-state index < -0.39 is 15.2 Å². The summed E-state index contributed by atoms with van der Waals surface area (Å²) in [6.45, 7) is 0. The van der Waals surface area contributed by atoms with Crippen molar-refractivity contribution in [3.63, 3.8) is 0 Å². The van der Waals surface area contributed by atoms with E-state index in [1.165, 1.54) is 23.9 Å². The van der Waals surface area contributed by atoms with E-state index in [0.29, 0.717) is 5.76 Å². The number of non-ortho nitro benzene ring substituents is 1. The van der Waals surface area contributed by atoms with Crippen LogP contribution in [-0.2, 0) is 4.74 Å². The molecule has 0 amide bonds. The van der Waals surface area contributed by atoms with E-state index >= 15 is 0 Å². The molecule has 0 aromatic heterocycles. The Morgan fingerprint density at radius 2 is 1.50 bits per heavy atom. The normalized spacial score (nSPS) is 15.6. The maximum absolute atomic E-state index is 10.7. The predicted octanol–water partition coefficient (Wildman–Crippen LogP) is -1.05. The van der Waals surface area contributed by atoms with Gasteiger partial charge in [0.2, 0.25) is 0 Å². The van der Waals surface area contributed by atoms with Crippen LogP contribution in [0.15, 0.2) is 64.6 Å². The highest BCUT2D eigenvalue weighted by molar-refractivity contribution is 8.06. The third-order valence-corrected chi connectivity index (χ3v) is 4.32. The minimum Gasteiger partial charge on any atom is -0.448 e. The fourth-order valence-corrected chi connectivity index (χ4v) is 2.96. The zero-order valence-electron chi connectivity index (χ0n) is 14.7. The summed E-state index contributed by atoms with van der Waals surface area (Å²) in [5.74, 6) is 0.705. The Balaban J connectivity index is 0.000000500. The number of ether oxygens (including phenoxy) is 1. The standard InChI is InChI=1S/C17H15N2O3S.ClHO4/c1-18(2)14-7-5-13(6-8-14)17-22-16(11-23-17)12-3-9-15(10-4-12)19(20)21;2-1(3,4)5/h3-11H,1-2H3;(H,2,3,4,5)/q+1;/p-1. The van der Waals surface area contributed by atoms with Crippen LogP contribution in [0.25, 0.3) is 5.76 Å². The molecule has 1 aromatic rings. The molecule has 3 rings (SSSR count). The lowest BCUT2D eigenvalue weighted by atomic mass is 10.1. The van der Waals surface area contributed by atoms with Gasteiger partial charge in [0.05, 0.1) is 4.92 Å². The number of allylic oxidation sites excluding steroid dienone is 5. The lowest BCUT2D eigenvalue weighted by Gasteiger charge is -2.17. The fraction of sp³-hybridized carbons (Fsp3) is 0.118. The Morgan fingerprint density at radius 1 is 0.964 bits per heavy atom. The van der Waals surface area contributed by atoms with Crippen molar-refractivity contribution in [2.75, 3.05) is 14.1 Å². The highest BCUT2D eigenvalue weighted by atomic mass is 35.7. The van der Waals surface area contributed by atoms with Crippen LogP contribution >= 0.6 is 11.8 Å². The first-order valence-corrected chi connectivity index (χ1v) is 9.72. The molecule has 2 aliphatic rings. The van der Waals surface area contributed by atoms with Crippen LogP contribution in [0.4, 0.5) is 5.69 Å². The van der Waals surface area contributed by atoms with E-state index in [1.807, 2.05) is 48.4 Å². The van der Waals surface area contributed by atoms with Crippen molar-refractivity contribution in [3.05, 3.63) is 80.3 Å². The summed E-state index contributed by atoms with van der Waals surface area (Å²) in [6, 6.07) is 6.35. The van der Waals surface area contributed by atoms with Crippen molar-refractivity contribution in [3.8, 4) is 0 Å². The average Bonchev–Trinajstić information content (AvgIpc) is 3.10. The third kappa shape index (κ3) is 6.60. The van der Waals surface area contributed by atoms with Crippen molar-refractivity contribution in [1.82, 2.24) is 0 Å². The van der Waals surface area contributed by atoms with Crippen LogP contribution in [0.3, 0.4) is 0 Å². The predicted molar refractivity (Wildman–Crippen MR) is 92.2 cm³/mol. The topological polar surface area (TPSA) is 148 Å². The van der Waals surface area contributed by atoms with Gasteiger partial charge in [-0.05, 0) is 24.3 Å². The molecule has 1 aromatic carbocycles. The Kier molecular flexibility index (Phi) is 7.13. The number of hydrogen-bond acceptors (Lipinski definition) is 8. The van der Waals surface area contributed by atoms with Crippen molar-refractivity contribution >= 4 is 28.9 Å². The summed E-state index contributed by atoms with van der Waals surface area (Å²) < 4.78 is 41.9. The van der Waals surface area contributed by atoms with Crippen LogP contribution in [-0.4, -0.2) is 29.3 Å². The molecule has 0 N–H and O–H groups in total. The van der Waals surface area contributed by atoms with Gasteiger partial charge >= 0.3 is 0 Å². The zero-order valence-corrected chi connectivity index (χ0v) is 16.3. The van der Waals surface area contributed by atoms with E-state index in [1.54, 1.807) is 12.1 Å². The lowest BCUT2D eigenvalue weighted by Crippen LogP contribution is -2.68. The minimum atomic E-state index is -4.94. The number of halogens is 1. The molecule has 1 aliphatic carbocycles. The van der Waals surface area contributed by atoms with E-state index in [-0.39, 0.29) is 5.69 Å². The molecule has 0 atom stereocenters. The van der Waals surface area contributed by atoms with Gasteiger partial charge < -0.3 is 4.74 Å². The quantitative estimate of drug-likeness (QED) is 0.330. The molecule has 0 saturated heterocycles. The SMILES string of the molecule is C[N+](C)=C1C=CC(=C2OC(c3ccc([N+](=O)[O-])cc3)=CS2)C=C1.[O-][Cl+3]([O-])([O-])[O-]. The Bertz CT molecular complexity index is 884. The lowest BCUT2D eigenvalue weighted by molar-refractivity contribution is -2.00. The summed E-state index contributed by atoms with van der Waals surface area (Å²) in [4.78, 5) is 10.3. The molecule has 0 unspecified atom stereocenters. The molecule has 0 radical (unpaired) electrons. The number of nitro benzene ring substituents is 1. The third-order valence-electron chi connectivity index (χ3n) is 3.46. The summed E-state index contributed by atoms with van der Waals surface area (Å²) >= 11 is 1.51. The first-order chi connectivity index (χ1) is 13.0. The smallest absolute Gasteiger partial charge is 0.269 e. The largest absolute Gasteiger partial charge is 0.448 e. The molecule has 0 bridgehead atoms. The van der Waals surface area contributed by atoms with Gasteiger partial charge in [-0.1, -0.05) is 11.8 Å². The van der Waals surface area contributed by atoms with Crippen molar-refractivity contribution in [2.24, 2.45) is 0 Å². The Morgan fingerprint density at radius 3 is 1.96 bits per heavy atom. The monoisotopic (exact) mass is 426 g/mol. The van der Waals surface area contributed by atoms with Gasteiger partial charge in [0.15, 0.2) is 10.8 Å². The molecule has 0 spiro atoms. The highest BCUT2D eigenvalue weighted by Gasteiger charge is 2.19. The molecule has 148 valence electrons. The van der Waals surface area contributed by atoms with Crippen molar-refractivity contribution < 1.29 is 43.1 Å². The molecule has 1 heterocycles. The molecule has 28 heavy (non-hydrogen) atoms. The average molecular weight is 427 g/mol. The molecular formula is C17H15ClN2O7S. The van der Waals surface area contributed by atoms with E-state index in [2.05, 4.69) is 0 Å². The van der Waals surface area contributed by atoms with E-state index in [9.17, 15) is 10.1 Å². The fourth-order valence-electron chi connectivity index (χ4n) is 2.15. The Labute approximate surface area is 166 Å². The van der Waals surface area contributed by atoms with Gasteiger partial charge in [0.1, 0.15) is 19.9 Å². The summed E-state index contributed by atoms with van der Waals surface area (Å²) in [6.07, 6.45) is 8.11. The Hall–Kier alpha value is -2.47. The van der Waals surface area contributed by atoms with Gasteiger partial charge in [-0.3, -0.25) is 10.1 Å². The maximum Gasteiger partial charge on any atom is 0.269 e. The number of hydrogen-bond donors (Lipinski definition) is 0. The van der Waals surface area contributed by atoms with Crippen LogP contribution in [0.5, 0.6) is 0 Å². The minimum absolute atomic E-state index is 0.0727. The van der Waals surface area contributed by atoms with Crippen LogP contribution < -0.4 is 18.6 Å². The van der Waals surface area contributed by atoms with E-state index in [4.69, 9.17) is 23.4 Å². The molecule has 0 saturated carbocycles. The molecule has 1 aliphatic heterocycles. The second-order valence-electron chi connectivity index (χ2n) is 5.61. The maximum atomic E-state index is 10.7. The molecule has 0 fully saturated rings. The van der Waals surface area contributed by atoms with Crippen LogP contribution in [0.2, 0.25) is 0 Å². The number of nitrogens with zero attached hydrogens (tertiary/aromatic N) is 2. The van der Waals surface area contributed by atoms with Gasteiger partial charge in [0, 0.05) is 40.8 Å². The molecule has 9 nitrogen and oxygen atoms in total. The summed E-state index contributed by atoms with van der Waals surface area (Å²) in [5, 5.41) is 13.4. The second-order valence-corrected chi connectivity index (χ2v) is 7.21. The number of benzene rings is 1. The first kappa shape index (κ1) is 21.8. The van der Waals surface area contributed by atoms with E-state index in [0.717, 1.165) is 21.9 Å². The molecule has 11 heteroatoms. The van der Waals surface area contributed by atoms with Crippen molar-refractivity contribution in [1.29, 1.82) is 0 Å². The second kappa shape index (κ2) is 9.15. The van der Waals surface area contributed by atoms with Crippen LogP contribution in [0, 0.1) is 20.4 Å². The van der Waals surface area contributed by atoms with Crippen LogP contribution in [0.1, 0.15) is 5.56 Å². The molecular weight excluding hydrogens is 412 g/mol. The van der Waals surface area contributed by atoms with Gasteiger partial charge in [-0.25, -0.2) is 23.2 Å². The zero-order chi connectivity index (χ0) is 20.9. The summed E-state index contributed by atoms with van der Waals surface area (Å²) in [7, 11) is -0.950. The van der Waals surface area contributed by atoms with Gasteiger partial charge in [-0.2, -0.15) is 0 Å².